The Labute approximate surface area is 256 Å². The Balaban J connectivity index is 1.25. The molecule has 0 spiro atoms. The van der Waals surface area contributed by atoms with Gasteiger partial charge in [-0.25, -0.2) is 17.8 Å². The molecule has 5 aromatic rings. The number of pyridine rings is 1. The van der Waals surface area contributed by atoms with Gasteiger partial charge in [0.25, 0.3) is 5.91 Å². The van der Waals surface area contributed by atoms with E-state index in [1.807, 2.05) is 6.07 Å². The van der Waals surface area contributed by atoms with Crippen LogP contribution in [0, 0.1) is 5.82 Å². The Hall–Kier alpha value is -5.12. The molecule has 6 heterocycles. The van der Waals surface area contributed by atoms with Crippen molar-refractivity contribution in [1.29, 1.82) is 0 Å². The lowest BCUT2D eigenvalue weighted by Crippen LogP contribution is -2.46. The molecule has 2 saturated heterocycles. The van der Waals surface area contributed by atoms with Gasteiger partial charge in [-0.2, -0.15) is 14.6 Å². The number of anilines is 2. The van der Waals surface area contributed by atoms with Gasteiger partial charge in [0.2, 0.25) is 11.8 Å². The van der Waals surface area contributed by atoms with Crippen molar-refractivity contribution in [3.8, 4) is 28.1 Å². The monoisotopic (exact) mass is 632 g/mol. The van der Waals surface area contributed by atoms with Gasteiger partial charge in [0.1, 0.15) is 10.7 Å². The average Bonchev–Trinajstić information content (AvgIpc) is 3.71. The normalized spacial score (nSPS) is 19.7. The van der Waals surface area contributed by atoms with Crippen molar-refractivity contribution in [1.82, 2.24) is 39.7 Å². The molecule has 2 bridgehead atoms. The zero-order valence-electron chi connectivity index (χ0n) is 24.3. The van der Waals surface area contributed by atoms with Crippen LogP contribution in [-0.4, -0.2) is 79.4 Å². The maximum atomic E-state index is 14.3. The molecule has 3 atom stereocenters. The lowest BCUT2D eigenvalue weighted by molar-refractivity contribution is 0.0556. The SMILES string of the molecule is COc1ccc(-c2ccc(-c3cnn4c(N)c(S(C)(=O)=O)c(C5C[C@H]6CC[C@@H](C5)N6C(=O)c5nc(N)n[nH]5)nc34)cn2)cc1F. The molecule has 14 nitrogen and oxygen atoms in total. The number of hydrogen-bond donors (Lipinski definition) is 3. The summed E-state index contributed by atoms with van der Waals surface area (Å²) in [5.74, 6) is -0.903. The number of piperidine rings is 1. The molecule has 45 heavy (non-hydrogen) atoms. The molecule has 1 amide bonds. The molecule has 2 aliphatic heterocycles. The fourth-order valence-electron chi connectivity index (χ4n) is 6.65. The van der Waals surface area contributed by atoms with Gasteiger partial charge in [0.15, 0.2) is 27.1 Å². The molecule has 2 fully saturated rings. The van der Waals surface area contributed by atoms with Crippen LogP contribution in [0.2, 0.25) is 0 Å². The summed E-state index contributed by atoms with van der Waals surface area (Å²) in [6.07, 6.45) is 6.80. The number of halogens is 1. The van der Waals surface area contributed by atoms with Crippen molar-refractivity contribution in [3.63, 3.8) is 0 Å². The predicted octanol–water partition coefficient (Wildman–Crippen LogP) is 2.84. The Morgan fingerprint density at radius 2 is 1.80 bits per heavy atom. The molecule has 2 aliphatic rings. The standard InChI is InChI=1S/C29H29FN10O4S/c1-44-22-8-4-14(11-20(22)30)21-7-3-15(12-33-21)19-13-34-40-25(31)24(45(2,42)43)23(35-27(19)40)16-9-17-5-6-18(10-16)39(17)28(41)26-36-29(32)38-37-26/h3-4,7-8,11-13,16-18H,5-6,9-10,31H2,1-2H3,(H3,32,36,37,38)/t16?,17-,18+. The van der Waals surface area contributed by atoms with E-state index in [-0.39, 0.29) is 52.1 Å². The van der Waals surface area contributed by atoms with Crippen LogP contribution in [-0.2, 0) is 9.84 Å². The number of amides is 1. The summed E-state index contributed by atoms with van der Waals surface area (Å²) in [6.45, 7) is 0. The minimum absolute atomic E-state index is 0.0116. The van der Waals surface area contributed by atoms with Crippen LogP contribution in [0.15, 0.2) is 47.6 Å². The Bertz CT molecular complexity index is 2060. The van der Waals surface area contributed by atoms with Crippen molar-refractivity contribution >= 4 is 33.2 Å². The first kappa shape index (κ1) is 28.6. The van der Waals surface area contributed by atoms with Gasteiger partial charge >= 0.3 is 0 Å². The van der Waals surface area contributed by atoms with E-state index in [4.69, 9.17) is 21.2 Å². The van der Waals surface area contributed by atoms with Crippen LogP contribution >= 0.6 is 0 Å². The summed E-state index contributed by atoms with van der Waals surface area (Å²) in [7, 11) is -2.41. The summed E-state index contributed by atoms with van der Waals surface area (Å²) in [5, 5.41) is 10.7. The molecule has 0 saturated carbocycles. The van der Waals surface area contributed by atoms with Crippen molar-refractivity contribution in [2.24, 2.45) is 0 Å². The number of methoxy groups -OCH3 is 1. The number of rotatable bonds is 6. The molecule has 5 N–H and O–H groups in total. The van der Waals surface area contributed by atoms with E-state index < -0.39 is 15.7 Å². The van der Waals surface area contributed by atoms with E-state index in [0.29, 0.717) is 46.6 Å². The topological polar surface area (TPSA) is 200 Å². The van der Waals surface area contributed by atoms with E-state index in [0.717, 1.165) is 19.1 Å². The van der Waals surface area contributed by atoms with Crippen molar-refractivity contribution in [3.05, 3.63) is 60.1 Å². The number of nitrogens with one attached hydrogen (secondary N) is 1. The van der Waals surface area contributed by atoms with Gasteiger partial charge in [-0.3, -0.25) is 14.9 Å². The minimum Gasteiger partial charge on any atom is -0.494 e. The summed E-state index contributed by atoms with van der Waals surface area (Å²) >= 11 is 0. The number of hydrogen-bond acceptors (Lipinski definition) is 11. The van der Waals surface area contributed by atoms with Gasteiger partial charge in [-0.05, 0) is 49.9 Å². The van der Waals surface area contributed by atoms with Gasteiger partial charge < -0.3 is 21.1 Å². The quantitative estimate of drug-likeness (QED) is 0.249. The molecule has 7 rings (SSSR count). The Morgan fingerprint density at radius 3 is 2.40 bits per heavy atom. The largest absolute Gasteiger partial charge is 0.494 e. The number of sulfone groups is 1. The fourth-order valence-corrected chi connectivity index (χ4v) is 7.71. The van der Waals surface area contributed by atoms with Gasteiger partial charge in [0.05, 0.1) is 24.7 Å². The first-order valence-electron chi connectivity index (χ1n) is 14.2. The van der Waals surface area contributed by atoms with Gasteiger partial charge in [-0.15, -0.1) is 5.10 Å². The van der Waals surface area contributed by atoms with Crippen LogP contribution in [0.4, 0.5) is 16.2 Å². The lowest BCUT2D eigenvalue weighted by atomic mass is 9.87. The lowest BCUT2D eigenvalue weighted by Gasteiger charge is -2.38. The first-order chi connectivity index (χ1) is 21.5. The highest BCUT2D eigenvalue weighted by Crippen LogP contribution is 2.45. The number of nitrogens with two attached hydrogens (primary N) is 2. The molecule has 1 unspecified atom stereocenters. The summed E-state index contributed by atoms with van der Waals surface area (Å²) in [4.78, 5) is 28.4. The number of carbonyl (C=O) groups excluding carboxylic acids is 1. The van der Waals surface area contributed by atoms with E-state index in [9.17, 15) is 17.6 Å². The molecular weight excluding hydrogens is 603 g/mol. The molecule has 0 aliphatic carbocycles. The van der Waals surface area contributed by atoms with Gasteiger partial charge in [0, 0.05) is 47.1 Å². The number of fused-ring (bicyclic) bond motifs is 3. The number of ether oxygens (including phenoxy) is 1. The van der Waals surface area contributed by atoms with E-state index in [2.05, 4.69) is 25.3 Å². The number of aromatic amines is 1. The third-order valence-corrected chi connectivity index (χ3v) is 9.78. The van der Waals surface area contributed by atoms with E-state index >= 15 is 0 Å². The number of carbonyl (C=O) groups is 1. The summed E-state index contributed by atoms with van der Waals surface area (Å²) in [6, 6.07) is 7.87. The molecule has 1 aromatic carbocycles. The van der Waals surface area contributed by atoms with Crippen LogP contribution < -0.4 is 16.2 Å². The third kappa shape index (κ3) is 4.81. The number of nitrogen functional groups attached to an aromatic ring is 2. The highest BCUT2D eigenvalue weighted by atomic mass is 32.2. The van der Waals surface area contributed by atoms with E-state index in [1.165, 1.54) is 23.8 Å². The van der Waals surface area contributed by atoms with Crippen LogP contribution in [0.25, 0.3) is 28.0 Å². The molecule has 232 valence electrons. The Morgan fingerprint density at radius 1 is 1.07 bits per heavy atom. The van der Waals surface area contributed by atoms with Crippen molar-refractivity contribution in [2.75, 3.05) is 24.8 Å². The summed E-state index contributed by atoms with van der Waals surface area (Å²) in [5.41, 5.74) is 15.2. The number of nitrogens with zero attached hydrogens (tertiary/aromatic N) is 7. The van der Waals surface area contributed by atoms with Gasteiger partial charge in [-0.1, -0.05) is 6.07 Å². The zero-order valence-corrected chi connectivity index (χ0v) is 25.1. The highest BCUT2D eigenvalue weighted by molar-refractivity contribution is 7.91. The zero-order chi connectivity index (χ0) is 31.6. The third-order valence-electron chi connectivity index (χ3n) is 8.62. The molecular formula is C29H29FN10O4S. The summed E-state index contributed by atoms with van der Waals surface area (Å²) < 4.78 is 46.8. The maximum absolute atomic E-state index is 14.3. The van der Waals surface area contributed by atoms with Crippen LogP contribution in [0.1, 0.15) is 47.9 Å². The van der Waals surface area contributed by atoms with Crippen LogP contribution in [0.3, 0.4) is 0 Å². The fraction of sp³-hybridized carbons (Fsp3) is 0.310. The smallest absolute Gasteiger partial charge is 0.291 e. The number of benzene rings is 1. The van der Waals surface area contributed by atoms with Crippen LogP contribution in [0.5, 0.6) is 5.75 Å². The Kier molecular flexibility index (Phi) is 6.68. The first-order valence-corrected chi connectivity index (χ1v) is 16.1. The predicted molar refractivity (Wildman–Crippen MR) is 161 cm³/mol. The number of aromatic nitrogens is 7. The second-order valence-electron chi connectivity index (χ2n) is 11.4. The number of H-pyrrole nitrogens is 1. The second-order valence-corrected chi connectivity index (χ2v) is 13.3. The van der Waals surface area contributed by atoms with Crippen molar-refractivity contribution < 1.29 is 22.3 Å². The highest BCUT2D eigenvalue weighted by Gasteiger charge is 2.46. The maximum Gasteiger partial charge on any atom is 0.291 e. The minimum atomic E-state index is -3.81. The second kappa shape index (κ2) is 10.5. The molecule has 4 aromatic heterocycles. The average molecular weight is 633 g/mol. The molecule has 0 radical (unpaired) electrons. The molecule has 16 heteroatoms. The van der Waals surface area contributed by atoms with E-state index in [1.54, 1.807) is 29.4 Å². The van der Waals surface area contributed by atoms with Crippen molar-refractivity contribution in [2.45, 2.75) is 48.6 Å².